The molecule has 0 saturated carbocycles. The van der Waals surface area contributed by atoms with Crippen LogP contribution in [-0.4, -0.2) is 19.8 Å². The second-order valence-electron chi connectivity index (χ2n) is 10.8. The number of benzene rings is 1. The first-order valence-corrected chi connectivity index (χ1v) is 16.1. The van der Waals surface area contributed by atoms with Gasteiger partial charge in [-0.05, 0) is 43.9 Å². The van der Waals surface area contributed by atoms with E-state index >= 15 is 0 Å². The number of rotatable bonds is 27. The molecule has 0 aliphatic rings. The molecular formula is C34H61O3. The molecule has 1 aromatic rings. The highest BCUT2D eigenvalue weighted by atomic mass is 16.5. The Labute approximate surface area is 231 Å². The molecule has 0 saturated heterocycles. The van der Waals surface area contributed by atoms with Crippen LogP contribution in [0.25, 0.3) is 0 Å². The van der Waals surface area contributed by atoms with E-state index in [4.69, 9.17) is 14.2 Å². The van der Waals surface area contributed by atoms with Gasteiger partial charge in [0.1, 0.15) is 0 Å². The largest absolute Gasteiger partial charge is 0.490 e. The van der Waals surface area contributed by atoms with Gasteiger partial charge in [-0.25, -0.2) is 0 Å². The standard InChI is InChI=1S/C34H61O3/c1-5-8-11-14-17-20-23-26-35-32-29-31(4)30-33(36-27-24-21-18-15-12-9-6-2)34(32)37-28-25-22-19-16-13-10-7-3/h29-30H,4-28H2,1-3H3. The van der Waals surface area contributed by atoms with Crippen molar-refractivity contribution in [3.05, 3.63) is 24.6 Å². The van der Waals surface area contributed by atoms with E-state index in [2.05, 4.69) is 27.7 Å². The van der Waals surface area contributed by atoms with Crippen molar-refractivity contribution in [1.82, 2.24) is 0 Å². The smallest absolute Gasteiger partial charge is 0.203 e. The van der Waals surface area contributed by atoms with Crippen molar-refractivity contribution in [3.63, 3.8) is 0 Å². The SMILES string of the molecule is [CH2]c1cc(OCCCCCCCCC)c(OCCCCCCCCC)c(OCCCCCCCCC)c1. The van der Waals surface area contributed by atoms with Crippen LogP contribution < -0.4 is 14.2 Å². The summed E-state index contributed by atoms with van der Waals surface area (Å²) in [7, 11) is 0. The molecule has 0 N–H and O–H groups in total. The molecule has 1 radical (unpaired) electrons. The number of hydrogen-bond acceptors (Lipinski definition) is 3. The summed E-state index contributed by atoms with van der Waals surface area (Å²) in [5.74, 6) is 2.39. The number of hydrogen-bond donors (Lipinski definition) is 0. The minimum Gasteiger partial charge on any atom is -0.490 e. The second-order valence-corrected chi connectivity index (χ2v) is 10.8. The Morgan fingerprint density at radius 3 is 1.08 bits per heavy atom. The van der Waals surface area contributed by atoms with E-state index in [0.29, 0.717) is 6.61 Å². The summed E-state index contributed by atoms with van der Waals surface area (Å²) >= 11 is 0. The maximum atomic E-state index is 6.32. The second kappa shape index (κ2) is 24.9. The van der Waals surface area contributed by atoms with Crippen LogP contribution in [-0.2, 0) is 0 Å². The molecule has 0 amide bonds. The van der Waals surface area contributed by atoms with E-state index in [0.717, 1.165) is 55.3 Å². The molecular weight excluding hydrogens is 456 g/mol. The molecule has 1 rings (SSSR count). The van der Waals surface area contributed by atoms with Crippen molar-refractivity contribution in [2.45, 2.75) is 156 Å². The lowest BCUT2D eigenvalue weighted by Crippen LogP contribution is -2.06. The Morgan fingerprint density at radius 2 is 0.730 bits per heavy atom. The zero-order chi connectivity index (χ0) is 26.8. The van der Waals surface area contributed by atoms with Crippen LogP contribution in [0.1, 0.15) is 161 Å². The first-order chi connectivity index (χ1) is 18.2. The Morgan fingerprint density at radius 1 is 0.432 bits per heavy atom. The van der Waals surface area contributed by atoms with Gasteiger partial charge in [0.25, 0.3) is 0 Å². The van der Waals surface area contributed by atoms with Gasteiger partial charge in [-0.15, -0.1) is 0 Å². The minimum absolute atomic E-state index is 0.714. The van der Waals surface area contributed by atoms with Crippen LogP contribution in [0.2, 0.25) is 0 Å². The molecule has 0 heterocycles. The first kappa shape index (κ1) is 33.6. The van der Waals surface area contributed by atoms with Crippen molar-refractivity contribution in [2.24, 2.45) is 0 Å². The van der Waals surface area contributed by atoms with Crippen molar-refractivity contribution in [2.75, 3.05) is 19.8 Å². The fraction of sp³-hybridized carbons (Fsp3) is 0.794. The van der Waals surface area contributed by atoms with E-state index in [1.807, 2.05) is 12.1 Å². The van der Waals surface area contributed by atoms with Gasteiger partial charge in [0.15, 0.2) is 11.5 Å². The highest BCUT2D eigenvalue weighted by Crippen LogP contribution is 2.39. The highest BCUT2D eigenvalue weighted by molar-refractivity contribution is 5.54. The van der Waals surface area contributed by atoms with Gasteiger partial charge in [-0.2, -0.15) is 0 Å². The molecule has 0 spiro atoms. The van der Waals surface area contributed by atoms with Gasteiger partial charge < -0.3 is 14.2 Å². The van der Waals surface area contributed by atoms with Gasteiger partial charge in [0.05, 0.1) is 19.8 Å². The van der Waals surface area contributed by atoms with Crippen LogP contribution in [0.3, 0.4) is 0 Å². The maximum absolute atomic E-state index is 6.32. The molecule has 1 aromatic carbocycles. The van der Waals surface area contributed by atoms with Crippen LogP contribution in [0, 0.1) is 6.92 Å². The topological polar surface area (TPSA) is 27.7 Å². The molecule has 0 aliphatic carbocycles. The number of unbranched alkanes of at least 4 members (excludes halogenated alkanes) is 18. The van der Waals surface area contributed by atoms with E-state index in [9.17, 15) is 0 Å². The zero-order valence-corrected chi connectivity index (χ0v) is 25.1. The summed E-state index contributed by atoms with van der Waals surface area (Å²) in [6, 6.07) is 4.03. The van der Waals surface area contributed by atoms with Gasteiger partial charge in [0, 0.05) is 0 Å². The van der Waals surface area contributed by atoms with Crippen LogP contribution >= 0.6 is 0 Å². The monoisotopic (exact) mass is 517 g/mol. The molecule has 215 valence electrons. The van der Waals surface area contributed by atoms with Crippen molar-refractivity contribution in [3.8, 4) is 17.2 Å². The van der Waals surface area contributed by atoms with E-state index in [1.54, 1.807) is 0 Å². The van der Waals surface area contributed by atoms with Crippen LogP contribution in [0.5, 0.6) is 17.2 Å². The van der Waals surface area contributed by atoms with Crippen LogP contribution in [0.4, 0.5) is 0 Å². The lowest BCUT2D eigenvalue weighted by atomic mass is 10.1. The third kappa shape index (κ3) is 18.5. The molecule has 37 heavy (non-hydrogen) atoms. The first-order valence-electron chi connectivity index (χ1n) is 16.1. The van der Waals surface area contributed by atoms with Crippen LogP contribution in [0.15, 0.2) is 12.1 Å². The van der Waals surface area contributed by atoms with Gasteiger partial charge >= 0.3 is 0 Å². The van der Waals surface area contributed by atoms with E-state index in [-0.39, 0.29) is 0 Å². The van der Waals surface area contributed by atoms with Gasteiger partial charge in [-0.1, -0.05) is 136 Å². The molecule has 0 atom stereocenters. The zero-order valence-electron chi connectivity index (χ0n) is 25.1. The maximum Gasteiger partial charge on any atom is 0.203 e. The third-order valence-electron chi connectivity index (χ3n) is 7.09. The molecule has 0 unspecified atom stereocenters. The minimum atomic E-state index is 0.714. The Bertz CT molecular complexity index is 586. The summed E-state index contributed by atoms with van der Waals surface area (Å²) in [5.41, 5.74) is 0.924. The van der Waals surface area contributed by atoms with Crippen molar-refractivity contribution < 1.29 is 14.2 Å². The summed E-state index contributed by atoms with van der Waals surface area (Å²) in [5, 5.41) is 0. The predicted molar refractivity (Wildman–Crippen MR) is 161 cm³/mol. The fourth-order valence-electron chi connectivity index (χ4n) is 4.70. The quantitative estimate of drug-likeness (QED) is 0.109. The molecule has 0 aromatic heterocycles. The van der Waals surface area contributed by atoms with Gasteiger partial charge in [0.2, 0.25) is 5.75 Å². The average Bonchev–Trinajstić information content (AvgIpc) is 2.89. The van der Waals surface area contributed by atoms with E-state index < -0.39 is 0 Å². The average molecular weight is 518 g/mol. The van der Waals surface area contributed by atoms with E-state index in [1.165, 1.54) is 116 Å². The summed E-state index contributed by atoms with van der Waals surface area (Å²) < 4.78 is 18.8. The summed E-state index contributed by atoms with van der Waals surface area (Å²) in [6.07, 6.45) is 26.9. The lowest BCUT2D eigenvalue weighted by Gasteiger charge is -2.18. The van der Waals surface area contributed by atoms with Crippen molar-refractivity contribution in [1.29, 1.82) is 0 Å². The highest BCUT2D eigenvalue weighted by Gasteiger charge is 2.15. The van der Waals surface area contributed by atoms with Gasteiger partial charge in [-0.3, -0.25) is 0 Å². The normalized spacial score (nSPS) is 11.1. The lowest BCUT2D eigenvalue weighted by molar-refractivity contribution is 0.234. The molecule has 3 nitrogen and oxygen atoms in total. The Balaban J connectivity index is 2.57. The molecule has 0 aliphatic heterocycles. The fourth-order valence-corrected chi connectivity index (χ4v) is 4.70. The van der Waals surface area contributed by atoms with Crippen molar-refractivity contribution >= 4 is 0 Å². The Hall–Kier alpha value is -1.38. The molecule has 0 bridgehead atoms. The third-order valence-corrected chi connectivity index (χ3v) is 7.09. The summed E-state index contributed by atoms with van der Waals surface area (Å²) in [6.45, 7) is 13.2. The molecule has 0 fully saturated rings. The molecule has 3 heteroatoms. The predicted octanol–water partition coefficient (Wildman–Crippen LogP) is 11.3. The number of ether oxygens (including phenoxy) is 3. The Kier molecular flexibility index (Phi) is 22.7. The summed E-state index contributed by atoms with van der Waals surface area (Å²) in [4.78, 5) is 0.